The van der Waals surface area contributed by atoms with Gasteiger partial charge in [0.25, 0.3) is 0 Å². The fourth-order valence-corrected chi connectivity index (χ4v) is 2.41. The van der Waals surface area contributed by atoms with Gasteiger partial charge in [-0.2, -0.15) is 11.8 Å². The quantitative estimate of drug-likeness (QED) is 0.732. The van der Waals surface area contributed by atoms with E-state index < -0.39 is 0 Å². The zero-order valence-corrected chi connectivity index (χ0v) is 9.01. The van der Waals surface area contributed by atoms with Crippen LogP contribution in [0.3, 0.4) is 0 Å². The van der Waals surface area contributed by atoms with Gasteiger partial charge >= 0.3 is 0 Å². The molecule has 1 rings (SSSR count). The minimum absolute atomic E-state index is 0.145. The van der Waals surface area contributed by atoms with Crippen LogP contribution in [0, 0.1) is 0 Å². The first-order valence-corrected chi connectivity index (χ1v) is 5.92. The zero-order valence-electron chi connectivity index (χ0n) is 8.19. The third-order valence-corrected chi connectivity index (χ3v) is 3.77. The Morgan fingerprint density at radius 1 is 1.69 bits per heavy atom. The second-order valence-corrected chi connectivity index (χ2v) is 4.46. The van der Waals surface area contributed by atoms with Crippen molar-refractivity contribution in [1.82, 2.24) is 4.90 Å². The predicted molar refractivity (Wildman–Crippen MR) is 54.8 cm³/mol. The lowest BCUT2D eigenvalue weighted by molar-refractivity contribution is -0.129. The Labute approximate surface area is 83.5 Å². The molecule has 1 saturated heterocycles. The fraction of sp³-hybridized carbons (Fsp3) is 0.889. The SMILES string of the molecule is CSC(CO)C(C)N1CCCC1=O. The van der Waals surface area contributed by atoms with Crippen molar-refractivity contribution in [3.05, 3.63) is 0 Å². The van der Waals surface area contributed by atoms with Crippen molar-refractivity contribution in [3.63, 3.8) is 0 Å². The molecule has 0 aromatic heterocycles. The van der Waals surface area contributed by atoms with Crippen LogP contribution in [-0.2, 0) is 4.79 Å². The third-order valence-electron chi connectivity index (χ3n) is 2.62. The number of likely N-dealkylation sites (tertiary alicyclic amines) is 1. The summed E-state index contributed by atoms with van der Waals surface area (Å²) in [6.45, 7) is 3.02. The topological polar surface area (TPSA) is 40.5 Å². The van der Waals surface area contributed by atoms with Crippen LogP contribution in [-0.4, -0.2) is 46.6 Å². The van der Waals surface area contributed by atoms with E-state index in [-0.39, 0.29) is 23.8 Å². The predicted octanol–water partition coefficient (Wildman–Crippen LogP) is 0.721. The molecule has 1 aliphatic rings. The van der Waals surface area contributed by atoms with E-state index in [9.17, 15) is 4.79 Å². The Hall–Kier alpha value is -0.220. The van der Waals surface area contributed by atoms with Crippen LogP contribution in [0.25, 0.3) is 0 Å². The zero-order chi connectivity index (χ0) is 9.84. The van der Waals surface area contributed by atoms with Crippen molar-refractivity contribution in [2.45, 2.75) is 31.1 Å². The maximum atomic E-state index is 11.4. The molecule has 2 atom stereocenters. The molecule has 76 valence electrons. The molecule has 0 radical (unpaired) electrons. The van der Waals surface area contributed by atoms with Crippen molar-refractivity contribution in [3.8, 4) is 0 Å². The first kappa shape index (κ1) is 10.9. The number of aliphatic hydroxyl groups excluding tert-OH is 1. The Kier molecular flexibility index (Phi) is 4.06. The minimum atomic E-state index is 0.145. The van der Waals surface area contributed by atoms with Gasteiger partial charge in [-0.25, -0.2) is 0 Å². The van der Waals surface area contributed by atoms with Crippen LogP contribution in [0.2, 0.25) is 0 Å². The van der Waals surface area contributed by atoms with Crippen molar-refractivity contribution in [2.24, 2.45) is 0 Å². The van der Waals surface area contributed by atoms with Crippen molar-refractivity contribution >= 4 is 17.7 Å². The monoisotopic (exact) mass is 203 g/mol. The lowest BCUT2D eigenvalue weighted by Gasteiger charge is -2.29. The summed E-state index contributed by atoms with van der Waals surface area (Å²) in [4.78, 5) is 13.3. The molecule has 1 N–H and O–H groups in total. The standard InChI is InChI=1S/C9H17NO2S/c1-7(8(6-11)13-2)10-5-3-4-9(10)12/h7-8,11H,3-6H2,1-2H3. The van der Waals surface area contributed by atoms with Crippen molar-refractivity contribution in [2.75, 3.05) is 19.4 Å². The van der Waals surface area contributed by atoms with E-state index in [2.05, 4.69) is 0 Å². The molecule has 0 saturated carbocycles. The average molecular weight is 203 g/mol. The highest BCUT2D eigenvalue weighted by Gasteiger charge is 2.29. The van der Waals surface area contributed by atoms with Gasteiger partial charge < -0.3 is 10.0 Å². The van der Waals surface area contributed by atoms with Gasteiger partial charge in [0, 0.05) is 24.3 Å². The second kappa shape index (κ2) is 4.86. The first-order valence-electron chi connectivity index (χ1n) is 4.63. The lowest BCUT2D eigenvalue weighted by Crippen LogP contribution is -2.42. The number of carbonyl (C=O) groups is 1. The Morgan fingerprint density at radius 2 is 2.38 bits per heavy atom. The van der Waals surface area contributed by atoms with Crippen LogP contribution in [0.4, 0.5) is 0 Å². The second-order valence-electron chi connectivity index (χ2n) is 3.39. The molecule has 4 heteroatoms. The van der Waals surface area contributed by atoms with Gasteiger partial charge in [-0.1, -0.05) is 0 Å². The molecule has 0 aliphatic carbocycles. The van der Waals surface area contributed by atoms with Crippen LogP contribution in [0.1, 0.15) is 19.8 Å². The summed E-state index contributed by atoms with van der Waals surface area (Å²) in [5.41, 5.74) is 0. The van der Waals surface area contributed by atoms with E-state index in [1.165, 1.54) is 0 Å². The van der Waals surface area contributed by atoms with Gasteiger partial charge in [0.2, 0.25) is 5.91 Å². The van der Waals surface area contributed by atoms with Crippen molar-refractivity contribution < 1.29 is 9.90 Å². The summed E-state index contributed by atoms with van der Waals surface area (Å²) < 4.78 is 0. The van der Waals surface area contributed by atoms with E-state index in [0.717, 1.165) is 13.0 Å². The summed E-state index contributed by atoms with van der Waals surface area (Å²) in [5.74, 6) is 0.236. The van der Waals surface area contributed by atoms with E-state index in [1.54, 1.807) is 11.8 Å². The van der Waals surface area contributed by atoms with Crippen LogP contribution in [0.5, 0.6) is 0 Å². The number of hydrogen-bond acceptors (Lipinski definition) is 3. The molecule has 1 aliphatic heterocycles. The number of hydrogen-bond donors (Lipinski definition) is 1. The normalized spacial score (nSPS) is 22.1. The maximum absolute atomic E-state index is 11.4. The van der Waals surface area contributed by atoms with Crippen LogP contribution in [0.15, 0.2) is 0 Å². The number of aliphatic hydroxyl groups is 1. The highest BCUT2D eigenvalue weighted by Crippen LogP contribution is 2.21. The van der Waals surface area contributed by atoms with Gasteiger partial charge in [0.05, 0.1) is 6.61 Å². The van der Waals surface area contributed by atoms with Gasteiger partial charge in [-0.3, -0.25) is 4.79 Å². The third kappa shape index (κ3) is 2.38. The molecule has 0 spiro atoms. The van der Waals surface area contributed by atoms with E-state index >= 15 is 0 Å². The van der Waals surface area contributed by atoms with Crippen molar-refractivity contribution in [1.29, 1.82) is 0 Å². The molecular weight excluding hydrogens is 186 g/mol. The van der Waals surface area contributed by atoms with E-state index in [1.807, 2.05) is 18.1 Å². The molecule has 3 nitrogen and oxygen atoms in total. The largest absolute Gasteiger partial charge is 0.395 e. The fourth-order valence-electron chi connectivity index (χ4n) is 1.72. The number of carbonyl (C=O) groups excluding carboxylic acids is 1. The lowest BCUT2D eigenvalue weighted by atomic mass is 10.2. The van der Waals surface area contributed by atoms with Gasteiger partial charge in [0.1, 0.15) is 0 Å². The highest BCUT2D eigenvalue weighted by atomic mass is 32.2. The average Bonchev–Trinajstić information content (AvgIpc) is 2.53. The summed E-state index contributed by atoms with van der Waals surface area (Å²) in [7, 11) is 0. The Morgan fingerprint density at radius 3 is 2.77 bits per heavy atom. The van der Waals surface area contributed by atoms with Crippen LogP contribution < -0.4 is 0 Å². The van der Waals surface area contributed by atoms with E-state index in [0.29, 0.717) is 6.42 Å². The summed E-state index contributed by atoms with van der Waals surface area (Å²) in [5, 5.41) is 9.24. The summed E-state index contributed by atoms with van der Waals surface area (Å²) >= 11 is 1.62. The van der Waals surface area contributed by atoms with Gasteiger partial charge in [-0.05, 0) is 19.6 Å². The minimum Gasteiger partial charge on any atom is -0.395 e. The Balaban J connectivity index is 2.54. The van der Waals surface area contributed by atoms with Gasteiger partial charge in [-0.15, -0.1) is 0 Å². The van der Waals surface area contributed by atoms with Crippen LogP contribution >= 0.6 is 11.8 Å². The summed E-state index contributed by atoms with van der Waals surface area (Å²) in [6.07, 6.45) is 3.62. The molecular formula is C9H17NO2S. The molecule has 1 heterocycles. The maximum Gasteiger partial charge on any atom is 0.222 e. The molecule has 1 amide bonds. The highest BCUT2D eigenvalue weighted by molar-refractivity contribution is 7.99. The Bertz CT molecular complexity index is 182. The smallest absolute Gasteiger partial charge is 0.222 e. The number of nitrogens with zero attached hydrogens (tertiary/aromatic N) is 1. The number of thioether (sulfide) groups is 1. The van der Waals surface area contributed by atoms with Gasteiger partial charge in [0.15, 0.2) is 0 Å². The number of amides is 1. The number of rotatable bonds is 4. The van der Waals surface area contributed by atoms with E-state index in [4.69, 9.17) is 5.11 Å². The molecule has 2 unspecified atom stereocenters. The molecule has 0 aromatic carbocycles. The molecule has 0 aromatic rings. The molecule has 13 heavy (non-hydrogen) atoms. The first-order chi connectivity index (χ1) is 6.20. The molecule has 1 fully saturated rings. The summed E-state index contributed by atoms with van der Waals surface area (Å²) in [6, 6.07) is 0.162. The molecule has 0 bridgehead atoms.